The molecule has 0 saturated heterocycles. The molecule has 29 heavy (non-hydrogen) atoms. The first-order valence-corrected chi connectivity index (χ1v) is 11.1. The number of rotatable bonds is 9. The van der Waals surface area contributed by atoms with Crippen LogP contribution in [0.5, 0.6) is 0 Å². The van der Waals surface area contributed by atoms with Crippen molar-refractivity contribution in [1.29, 1.82) is 0 Å². The second kappa shape index (κ2) is 8.79. The van der Waals surface area contributed by atoms with E-state index in [1.807, 2.05) is 6.92 Å². The number of aryl methyl sites for hydroxylation is 2. The number of nitrogen functional groups attached to an aromatic ring is 1. The first-order valence-electron chi connectivity index (χ1n) is 9.62. The molecule has 2 heterocycles. The predicted molar refractivity (Wildman–Crippen MR) is 112 cm³/mol. The molecule has 0 spiro atoms. The fourth-order valence-corrected chi connectivity index (χ4v) is 4.78. The molecule has 8 nitrogen and oxygen atoms in total. The Morgan fingerprint density at radius 1 is 1.17 bits per heavy atom. The highest BCUT2D eigenvalue weighted by Gasteiger charge is 2.29. The summed E-state index contributed by atoms with van der Waals surface area (Å²) in [5.41, 5.74) is 6.93. The third-order valence-corrected chi connectivity index (χ3v) is 6.64. The van der Waals surface area contributed by atoms with Gasteiger partial charge in [-0.2, -0.15) is 5.10 Å². The van der Waals surface area contributed by atoms with Crippen molar-refractivity contribution in [2.24, 2.45) is 0 Å². The minimum atomic E-state index is -3.92. The van der Waals surface area contributed by atoms with Gasteiger partial charge >= 0.3 is 0 Å². The molecule has 9 heteroatoms. The highest BCUT2D eigenvalue weighted by atomic mass is 32.2. The molecular weight excluding hydrogens is 392 g/mol. The Balaban J connectivity index is 2.03. The molecule has 1 aromatic carbocycles. The molecule has 2 aromatic heterocycles. The number of fused-ring (bicyclic) bond motifs is 1. The van der Waals surface area contributed by atoms with Gasteiger partial charge in [0.2, 0.25) is 9.84 Å². The number of aromatic nitrogens is 3. The fourth-order valence-electron chi connectivity index (χ4n) is 3.23. The topological polar surface area (TPSA) is 120 Å². The van der Waals surface area contributed by atoms with Crippen molar-refractivity contribution >= 4 is 26.6 Å². The van der Waals surface area contributed by atoms with Crippen LogP contribution in [0.1, 0.15) is 31.7 Å². The Morgan fingerprint density at radius 3 is 2.55 bits per heavy atom. The zero-order valence-corrected chi connectivity index (χ0v) is 17.5. The van der Waals surface area contributed by atoms with Crippen molar-refractivity contribution in [2.45, 2.75) is 49.4 Å². The van der Waals surface area contributed by atoms with Crippen LogP contribution in [0.3, 0.4) is 0 Å². The highest BCUT2D eigenvalue weighted by Crippen LogP contribution is 2.34. The van der Waals surface area contributed by atoms with Crippen LogP contribution in [-0.4, -0.2) is 36.4 Å². The molecule has 0 bridgehead atoms. The van der Waals surface area contributed by atoms with E-state index < -0.39 is 15.4 Å². The Kier molecular flexibility index (Phi) is 6.39. The van der Waals surface area contributed by atoms with Crippen molar-refractivity contribution in [3.8, 4) is 0 Å². The number of nitrogens with one attached hydrogen (secondary N) is 1. The van der Waals surface area contributed by atoms with E-state index in [1.165, 1.54) is 18.3 Å². The Bertz CT molecular complexity index is 1150. The Labute approximate surface area is 169 Å². The van der Waals surface area contributed by atoms with E-state index in [0.29, 0.717) is 26.2 Å². The third kappa shape index (κ3) is 4.20. The molecule has 0 aliphatic carbocycles. The molecule has 0 aliphatic rings. The molecule has 0 aliphatic heterocycles. The number of hydrogen-bond acceptors (Lipinski definition) is 6. The quantitative estimate of drug-likeness (QED) is 0.516. The molecule has 0 atom stereocenters. The van der Waals surface area contributed by atoms with E-state index in [4.69, 9.17) is 10.5 Å². The van der Waals surface area contributed by atoms with Crippen molar-refractivity contribution in [3.05, 3.63) is 46.4 Å². The molecule has 3 aromatic rings. The van der Waals surface area contributed by atoms with Crippen LogP contribution in [0.25, 0.3) is 10.9 Å². The number of aromatic amines is 1. The van der Waals surface area contributed by atoms with Gasteiger partial charge in [0.1, 0.15) is 16.2 Å². The maximum absolute atomic E-state index is 13.3. The number of unbranched alkanes of at least 4 members (excludes halogenated alkanes) is 1. The van der Waals surface area contributed by atoms with Crippen LogP contribution in [0.15, 0.2) is 45.0 Å². The van der Waals surface area contributed by atoms with E-state index >= 15 is 0 Å². The SMILES string of the molecule is CCCCOCCCn1c(N)c(S(=O)(=O)c2ccc(C)cc2)c2cn[nH]c(=O)c21. The summed E-state index contributed by atoms with van der Waals surface area (Å²) >= 11 is 0. The molecule has 0 fully saturated rings. The van der Waals surface area contributed by atoms with E-state index in [1.54, 1.807) is 16.7 Å². The lowest BCUT2D eigenvalue weighted by Gasteiger charge is -2.09. The van der Waals surface area contributed by atoms with Gasteiger partial charge < -0.3 is 15.0 Å². The number of nitrogens with two attached hydrogens (primary N) is 1. The van der Waals surface area contributed by atoms with E-state index in [2.05, 4.69) is 17.1 Å². The average Bonchev–Trinajstić information content (AvgIpc) is 2.98. The summed E-state index contributed by atoms with van der Waals surface area (Å²) in [4.78, 5) is 12.5. The summed E-state index contributed by atoms with van der Waals surface area (Å²) < 4.78 is 33.7. The van der Waals surface area contributed by atoms with Gasteiger partial charge in [0.15, 0.2) is 0 Å². The third-order valence-electron chi connectivity index (χ3n) is 4.78. The zero-order valence-electron chi connectivity index (χ0n) is 16.6. The summed E-state index contributed by atoms with van der Waals surface area (Å²) in [5, 5.41) is 6.37. The first kappa shape index (κ1) is 21.1. The predicted octanol–water partition coefficient (Wildman–Crippen LogP) is 2.65. The number of hydrogen-bond donors (Lipinski definition) is 2. The number of nitrogens with zero attached hydrogens (tertiary/aromatic N) is 2. The lowest BCUT2D eigenvalue weighted by atomic mass is 10.2. The van der Waals surface area contributed by atoms with Gasteiger partial charge in [0, 0.05) is 25.1 Å². The van der Waals surface area contributed by atoms with Crippen LogP contribution >= 0.6 is 0 Å². The number of sulfone groups is 1. The van der Waals surface area contributed by atoms with Gasteiger partial charge in [-0.15, -0.1) is 0 Å². The molecule has 0 saturated carbocycles. The first-order chi connectivity index (χ1) is 13.9. The number of ether oxygens (including phenoxy) is 1. The highest BCUT2D eigenvalue weighted by molar-refractivity contribution is 7.92. The second-order valence-corrected chi connectivity index (χ2v) is 8.85. The number of H-pyrrole nitrogens is 1. The van der Waals surface area contributed by atoms with Crippen molar-refractivity contribution in [3.63, 3.8) is 0 Å². The lowest BCUT2D eigenvalue weighted by molar-refractivity contribution is 0.126. The van der Waals surface area contributed by atoms with Crippen LogP contribution in [-0.2, 0) is 21.1 Å². The van der Waals surface area contributed by atoms with Gasteiger partial charge in [0.05, 0.1) is 11.1 Å². The molecule has 156 valence electrons. The summed E-state index contributed by atoms with van der Waals surface area (Å²) in [6, 6.07) is 6.52. The van der Waals surface area contributed by atoms with E-state index in [-0.39, 0.29) is 26.5 Å². The monoisotopic (exact) mass is 418 g/mol. The maximum Gasteiger partial charge on any atom is 0.288 e. The molecule has 3 N–H and O–H groups in total. The minimum Gasteiger partial charge on any atom is -0.384 e. The molecule has 0 amide bonds. The largest absolute Gasteiger partial charge is 0.384 e. The minimum absolute atomic E-state index is 0.0348. The standard InChI is InChI=1S/C20H26N4O4S/c1-3-4-11-28-12-5-10-24-17-16(13-22-23-20(17)25)18(19(24)21)29(26,27)15-8-6-14(2)7-9-15/h6-9,13H,3-5,10-12,21H2,1-2H3,(H,23,25). The van der Waals surface area contributed by atoms with Crippen molar-refractivity contribution in [1.82, 2.24) is 14.8 Å². The Morgan fingerprint density at radius 2 is 1.86 bits per heavy atom. The molecule has 3 rings (SSSR count). The molecule has 0 radical (unpaired) electrons. The maximum atomic E-state index is 13.3. The summed E-state index contributed by atoms with van der Waals surface area (Å²) in [6.07, 6.45) is 3.97. The normalized spacial score (nSPS) is 11.9. The van der Waals surface area contributed by atoms with Crippen LogP contribution in [0, 0.1) is 6.92 Å². The fraction of sp³-hybridized carbons (Fsp3) is 0.400. The van der Waals surface area contributed by atoms with E-state index in [9.17, 15) is 13.2 Å². The average molecular weight is 419 g/mol. The van der Waals surface area contributed by atoms with Gasteiger partial charge in [-0.3, -0.25) is 4.79 Å². The lowest BCUT2D eigenvalue weighted by Crippen LogP contribution is -2.14. The van der Waals surface area contributed by atoms with Crippen LogP contribution < -0.4 is 11.3 Å². The van der Waals surface area contributed by atoms with Crippen LogP contribution in [0.2, 0.25) is 0 Å². The van der Waals surface area contributed by atoms with Gasteiger partial charge in [0.25, 0.3) is 5.56 Å². The summed E-state index contributed by atoms with van der Waals surface area (Å²) in [5.74, 6) is 0.0348. The van der Waals surface area contributed by atoms with Gasteiger partial charge in [-0.1, -0.05) is 31.0 Å². The summed E-state index contributed by atoms with van der Waals surface area (Å²) in [6.45, 7) is 5.51. The second-order valence-electron chi connectivity index (χ2n) is 6.96. The Hall–Kier alpha value is -2.65. The van der Waals surface area contributed by atoms with Gasteiger partial charge in [-0.25, -0.2) is 13.5 Å². The van der Waals surface area contributed by atoms with Crippen LogP contribution in [0.4, 0.5) is 5.82 Å². The van der Waals surface area contributed by atoms with Crippen molar-refractivity contribution < 1.29 is 13.2 Å². The van der Waals surface area contributed by atoms with Crippen molar-refractivity contribution in [2.75, 3.05) is 18.9 Å². The van der Waals surface area contributed by atoms with Gasteiger partial charge in [-0.05, 0) is 31.9 Å². The number of benzene rings is 1. The molecule has 0 unspecified atom stereocenters. The smallest absolute Gasteiger partial charge is 0.288 e. The van der Waals surface area contributed by atoms with E-state index in [0.717, 1.165) is 18.4 Å². The summed E-state index contributed by atoms with van der Waals surface area (Å²) in [7, 11) is -3.92. The molecular formula is C20H26N4O4S. The zero-order chi connectivity index (χ0) is 21.0. The number of anilines is 1.